The molecule has 0 unspecified atom stereocenters. The molecule has 112 valence electrons. The van der Waals surface area contributed by atoms with Crippen molar-refractivity contribution in [2.45, 2.75) is 6.92 Å². The number of aromatic amines is 1. The van der Waals surface area contributed by atoms with Crippen LogP contribution in [0, 0.1) is 6.92 Å². The van der Waals surface area contributed by atoms with E-state index >= 15 is 0 Å². The Morgan fingerprint density at radius 1 is 1.36 bits per heavy atom. The standard InChI is InChI=1S/C14H11N3O5/c1-6-5-8(18)9(13(20)22-6)7-3-4-15-11-10(7)12(19)17-14(16-11)21-2/h3-5,18H,1-2H3,(H,15,16,17,19). The van der Waals surface area contributed by atoms with E-state index in [0.29, 0.717) is 0 Å². The SMILES string of the molecule is COc1nc2nccc(-c3c(O)cc(C)oc3=O)c2c(=O)[nH]1. The van der Waals surface area contributed by atoms with Crippen LogP contribution < -0.4 is 15.9 Å². The second-order valence-electron chi connectivity index (χ2n) is 4.54. The first-order valence-corrected chi connectivity index (χ1v) is 6.28. The number of aryl methyl sites for hydroxylation is 1. The highest BCUT2D eigenvalue weighted by atomic mass is 16.5. The molecule has 0 bridgehead atoms. The van der Waals surface area contributed by atoms with Crippen molar-refractivity contribution in [2.24, 2.45) is 0 Å². The predicted molar refractivity (Wildman–Crippen MR) is 77.1 cm³/mol. The van der Waals surface area contributed by atoms with Gasteiger partial charge in [0, 0.05) is 17.8 Å². The van der Waals surface area contributed by atoms with E-state index in [4.69, 9.17) is 9.15 Å². The summed E-state index contributed by atoms with van der Waals surface area (Å²) in [6, 6.07) is 2.74. The lowest BCUT2D eigenvalue weighted by molar-refractivity contribution is 0.380. The van der Waals surface area contributed by atoms with Crippen molar-refractivity contribution < 1.29 is 14.3 Å². The van der Waals surface area contributed by atoms with Gasteiger partial charge in [0.05, 0.1) is 12.5 Å². The number of H-pyrrole nitrogens is 1. The van der Waals surface area contributed by atoms with Gasteiger partial charge in [-0.3, -0.25) is 9.78 Å². The van der Waals surface area contributed by atoms with E-state index < -0.39 is 11.2 Å². The van der Waals surface area contributed by atoms with Crippen LogP contribution in [0.25, 0.3) is 22.2 Å². The maximum absolute atomic E-state index is 12.2. The van der Waals surface area contributed by atoms with Gasteiger partial charge in [0.2, 0.25) is 0 Å². The zero-order chi connectivity index (χ0) is 15.9. The van der Waals surface area contributed by atoms with Crippen molar-refractivity contribution in [3.05, 3.63) is 44.9 Å². The summed E-state index contributed by atoms with van der Waals surface area (Å²) in [7, 11) is 1.36. The molecule has 0 spiro atoms. The molecule has 0 aliphatic rings. The van der Waals surface area contributed by atoms with Crippen LogP contribution in [0.15, 0.2) is 32.3 Å². The summed E-state index contributed by atoms with van der Waals surface area (Å²) in [5.74, 6) is -0.0187. The largest absolute Gasteiger partial charge is 0.507 e. The number of fused-ring (bicyclic) bond motifs is 1. The number of pyridine rings is 1. The number of ether oxygens (including phenoxy) is 1. The minimum Gasteiger partial charge on any atom is -0.507 e. The van der Waals surface area contributed by atoms with Crippen molar-refractivity contribution in [1.29, 1.82) is 0 Å². The molecular formula is C14H11N3O5. The van der Waals surface area contributed by atoms with Gasteiger partial charge in [-0.05, 0) is 13.0 Å². The summed E-state index contributed by atoms with van der Waals surface area (Å²) in [6.07, 6.45) is 1.38. The molecule has 0 aliphatic carbocycles. The fourth-order valence-corrected chi connectivity index (χ4v) is 2.19. The number of nitrogens with zero attached hydrogens (tertiary/aromatic N) is 2. The van der Waals surface area contributed by atoms with Crippen LogP contribution in [-0.4, -0.2) is 27.2 Å². The number of nitrogens with one attached hydrogen (secondary N) is 1. The van der Waals surface area contributed by atoms with Crippen LogP contribution in [0.5, 0.6) is 11.8 Å². The Labute approximate surface area is 123 Å². The number of aromatic nitrogens is 3. The van der Waals surface area contributed by atoms with E-state index in [1.54, 1.807) is 0 Å². The molecule has 0 radical (unpaired) electrons. The fraction of sp³-hybridized carbons (Fsp3) is 0.143. The zero-order valence-corrected chi connectivity index (χ0v) is 11.7. The van der Waals surface area contributed by atoms with Gasteiger partial charge < -0.3 is 14.3 Å². The number of rotatable bonds is 2. The molecule has 0 saturated carbocycles. The molecular weight excluding hydrogens is 290 g/mol. The van der Waals surface area contributed by atoms with Gasteiger partial charge in [-0.25, -0.2) is 9.78 Å². The molecule has 8 heteroatoms. The van der Waals surface area contributed by atoms with Crippen molar-refractivity contribution in [1.82, 2.24) is 15.0 Å². The second kappa shape index (κ2) is 4.99. The second-order valence-corrected chi connectivity index (χ2v) is 4.54. The highest BCUT2D eigenvalue weighted by molar-refractivity contribution is 5.93. The predicted octanol–water partition coefficient (Wildman–Crippen LogP) is 0.961. The summed E-state index contributed by atoms with van der Waals surface area (Å²) in [6.45, 7) is 1.54. The number of methoxy groups -OCH3 is 1. The Morgan fingerprint density at radius 3 is 2.82 bits per heavy atom. The first-order chi connectivity index (χ1) is 10.5. The minimum absolute atomic E-state index is 0.00214. The van der Waals surface area contributed by atoms with Gasteiger partial charge in [0.15, 0.2) is 5.65 Å². The summed E-state index contributed by atoms with van der Waals surface area (Å²) >= 11 is 0. The summed E-state index contributed by atoms with van der Waals surface area (Å²) < 4.78 is 9.86. The monoisotopic (exact) mass is 301 g/mol. The average Bonchev–Trinajstić information content (AvgIpc) is 2.45. The van der Waals surface area contributed by atoms with Gasteiger partial charge in [-0.15, -0.1) is 0 Å². The smallest absolute Gasteiger partial charge is 0.347 e. The Morgan fingerprint density at radius 2 is 2.14 bits per heavy atom. The van der Waals surface area contributed by atoms with E-state index in [1.807, 2.05) is 0 Å². The summed E-state index contributed by atoms with van der Waals surface area (Å²) in [4.78, 5) is 34.7. The Kier molecular flexibility index (Phi) is 3.13. The Bertz CT molecular complexity index is 990. The molecule has 0 atom stereocenters. The molecule has 0 amide bonds. The molecule has 0 fully saturated rings. The maximum Gasteiger partial charge on any atom is 0.347 e. The van der Waals surface area contributed by atoms with E-state index in [0.717, 1.165) is 0 Å². The molecule has 22 heavy (non-hydrogen) atoms. The molecule has 3 aromatic rings. The van der Waals surface area contributed by atoms with Crippen molar-refractivity contribution in [2.75, 3.05) is 7.11 Å². The van der Waals surface area contributed by atoms with Crippen LogP contribution in [0.2, 0.25) is 0 Å². The first kappa shape index (κ1) is 13.8. The molecule has 3 rings (SSSR count). The van der Waals surface area contributed by atoms with E-state index in [9.17, 15) is 14.7 Å². The lowest BCUT2D eigenvalue weighted by atomic mass is 10.0. The van der Waals surface area contributed by atoms with Crippen LogP contribution >= 0.6 is 0 Å². The third kappa shape index (κ3) is 2.10. The lowest BCUT2D eigenvalue weighted by Gasteiger charge is -2.07. The molecule has 3 aromatic heterocycles. The summed E-state index contributed by atoms with van der Waals surface area (Å²) in [5, 5.41) is 10.1. The summed E-state index contributed by atoms with van der Waals surface area (Å²) in [5.41, 5.74) is -1.12. The van der Waals surface area contributed by atoms with Crippen LogP contribution in [0.4, 0.5) is 0 Å². The van der Waals surface area contributed by atoms with Crippen LogP contribution in [0.3, 0.4) is 0 Å². The quantitative estimate of drug-likeness (QED) is 0.723. The molecule has 0 aromatic carbocycles. The van der Waals surface area contributed by atoms with E-state index in [1.165, 1.54) is 32.4 Å². The number of hydrogen-bond acceptors (Lipinski definition) is 7. The Balaban J connectivity index is 2.43. The molecule has 0 saturated heterocycles. The normalized spacial score (nSPS) is 10.8. The van der Waals surface area contributed by atoms with Crippen LogP contribution in [-0.2, 0) is 0 Å². The molecule has 8 nitrogen and oxygen atoms in total. The van der Waals surface area contributed by atoms with Crippen molar-refractivity contribution in [3.63, 3.8) is 0 Å². The van der Waals surface area contributed by atoms with Crippen LogP contribution in [0.1, 0.15) is 5.76 Å². The first-order valence-electron chi connectivity index (χ1n) is 6.28. The molecule has 0 aliphatic heterocycles. The van der Waals surface area contributed by atoms with E-state index in [2.05, 4.69) is 15.0 Å². The number of aromatic hydroxyl groups is 1. The Hall–Kier alpha value is -3.16. The highest BCUT2D eigenvalue weighted by Gasteiger charge is 2.18. The number of hydrogen-bond donors (Lipinski definition) is 2. The maximum atomic E-state index is 12.2. The minimum atomic E-state index is -0.750. The van der Waals surface area contributed by atoms with Gasteiger partial charge in [0.25, 0.3) is 11.6 Å². The van der Waals surface area contributed by atoms with Gasteiger partial charge in [-0.1, -0.05) is 0 Å². The average molecular weight is 301 g/mol. The van der Waals surface area contributed by atoms with Crippen molar-refractivity contribution >= 4 is 11.0 Å². The van der Waals surface area contributed by atoms with Crippen molar-refractivity contribution in [3.8, 4) is 22.9 Å². The van der Waals surface area contributed by atoms with E-state index in [-0.39, 0.29) is 39.7 Å². The lowest BCUT2D eigenvalue weighted by Crippen LogP contribution is -2.13. The van der Waals surface area contributed by atoms with Gasteiger partial charge in [0.1, 0.15) is 17.1 Å². The molecule has 3 heterocycles. The molecule has 2 N–H and O–H groups in total. The fourth-order valence-electron chi connectivity index (χ4n) is 2.19. The third-order valence-electron chi connectivity index (χ3n) is 3.10. The van der Waals surface area contributed by atoms with Gasteiger partial charge >= 0.3 is 5.63 Å². The third-order valence-corrected chi connectivity index (χ3v) is 3.10. The van der Waals surface area contributed by atoms with Gasteiger partial charge in [-0.2, -0.15) is 4.98 Å². The highest BCUT2D eigenvalue weighted by Crippen LogP contribution is 2.29. The topological polar surface area (TPSA) is 118 Å². The zero-order valence-electron chi connectivity index (χ0n) is 11.7.